The maximum atomic E-state index is 11.3. The molecule has 4 heteroatoms. The van der Waals surface area contributed by atoms with E-state index < -0.39 is 11.7 Å². The zero-order valence-corrected chi connectivity index (χ0v) is 15.8. The first-order valence-corrected chi connectivity index (χ1v) is 10.5. The Morgan fingerprint density at radius 2 is 1.68 bits per heavy atom. The fraction of sp³-hybridized carbons (Fsp3) is 1.00. The minimum absolute atomic E-state index is 0.111. The van der Waals surface area contributed by atoms with Crippen LogP contribution in [-0.2, 0) is 0 Å². The maximum Gasteiger partial charge on any atom is 0.106 e. The first kappa shape index (κ1) is 18.2. The van der Waals surface area contributed by atoms with Crippen LogP contribution in [0.1, 0.15) is 71.6 Å². The summed E-state index contributed by atoms with van der Waals surface area (Å²) < 4.78 is 0. The summed E-state index contributed by atoms with van der Waals surface area (Å²) in [6.45, 7) is 4.27. The average molecular weight is 353 g/mol. The molecular weight excluding hydrogens is 316 g/mol. The Balaban J connectivity index is 1.62. The van der Waals surface area contributed by atoms with Gasteiger partial charge in [-0.3, -0.25) is 0 Å². The molecule has 9 atom stereocenters. The Kier molecular flexibility index (Phi) is 4.31. The first-order chi connectivity index (χ1) is 11.8. The van der Waals surface area contributed by atoms with Crippen LogP contribution in [0.15, 0.2) is 0 Å². The van der Waals surface area contributed by atoms with Gasteiger partial charge in [0, 0.05) is 5.41 Å². The fourth-order valence-electron chi connectivity index (χ4n) is 7.98. The molecule has 4 fully saturated rings. The molecule has 0 aromatic heterocycles. The van der Waals surface area contributed by atoms with Crippen LogP contribution < -0.4 is 0 Å². The van der Waals surface area contributed by atoms with Gasteiger partial charge in [-0.1, -0.05) is 13.8 Å². The second-order valence-electron chi connectivity index (χ2n) is 10.2. The van der Waals surface area contributed by atoms with Crippen molar-refractivity contribution in [3.05, 3.63) is 0 Å². The van der Waals surface area contributed by atoms with Gasteiger partial charge in [0.2, 0.25) is 0 Å². The third-order valence-corrected chi connectivity index (χ3v) is 9.58. The molecule has 0 amide bonds. The lowest BCUT2D eigenvalue weighted by atomic mass is 9.44. The van der Waals surface area contributed by atoms with E-state index in [1.165, 1.54) is 12.8 Å². The smallest absolute Gasteiger partial charge is 0.106 e. The second kappa shape index (κ2) is 5.92. The Morgan fingerprint density at radius 3 is 2.40 bits per heavy atom. The van der Waals surface area contributed by atoms with Crippen molar-refractivity contribution < 1.29 is 20.4 Å². The van der Waals surface area contributed by atoms with E-state index in [0.29, 0.717) is 35.5 Å². The van der Waals surface area contributed by atoms with Crippen LogP contribution in [0.2, 0.25) is 0 Å². The van der Waals surface area contributed by atoms with Crippen molar-refractivity contribution in [3.63, 3.8) is 0 Å². The van der Waals surface area contributed by atoms with E-state index in [1.807, 2.05) is 0 Å². The normalized spacial score (nSPS) is 56.6. The molecule has 4 aliphatic rings. The van der Waals surface area contributed by atoms with Gasteiger partial charge in [-0.2, -0.15) is 0 Å². The van der Waals surface area contributed by atoms with Crippen LogP contribution in [0.4, 0.5) is 0 Å². The van der Waals surface area contributed by atoms with Gasteiger partial charge in [-0.05, 0) is 86.9 Å². The third kappa shape index (κ3) is 2.33. The minimum Gasteiger partial charge on any atom is -0.394 e. The third-order valence-electron chi connectivity index (χ3n) is 9.58. The highest BCUT2D eigenvalue weighted by Gasteiger charge is 2.66. The minimum atomic E-state index is -1.14. The van der Waals surface area contributed by atoms with E-state index in [2.05, 4.69) is 13.8 Å². The monoisotopic (exact) mass is 352 g/mol. The van der Waals surface area contributed by atoms with Gasteiger partial charge in [-0.25, -0.2) is 0 Å². The molecule has 0 bridgehead atoms. The summed E-state index contributed by atoms with van der Waals surface area (Å²) >= 11 is 0. The van der Waals surface area contributed by atoms with Crippen molar-refractivity contribution >= 4 is 0 Å². The largest absolute Gasteiger partial charge is 0.394 e. The number of fused-ring (bicyclic) bond motifs is 5. The highest BCUT2D eigenvalue weighted by Crippen LogP contribution is 2.68. The molecular formula is C21H36O4. The number of aliphatic hydroxyl groups excluding tert-OH is 3. The van der Waals surface area contributed by atoms with Crippen molar-refractivity contribution in [2.75, 3.05) is 6.61 Å². The van der Waals surface area contributed by atoms with E-state index in [9.17, 15) is 20.4 Å². The molecule has 4 aliphatic carbocycles. The molecule has 4 saturated carbocycles. The van der Waals surface area contributed by atoms with Gasteiger partial charge in [0.15, 0.2) is 0 Å². The lowest BCUT2D eigenvalue weighted by Gasteiger charge is -2.61. The quantitative estimate of drug-likeness (QED) is 0.615. The van der Waals surface area contributed by atoms with Crippen molar-refractivity contribution in [1.29, 1.82) is 0 Å². The molecule has 25 heavy (non-hydrogen) atoms. The lowest BCUT2D eigenvalue weighted by molar-refractivity contribution is -0.196. The molecule has 0 aliphatic heterocycles. The predicted octanol–water partition coefficient (Wildman–Crippen LogP) is 2.47. The number of rotatable bonds is 2. The molecule has 0 heterocycles. The first-order valence-electron chi connectivity index (χ1n) is 10.5. The highest BCUT2D eigenvalue weighted by atomic mass is 16.4. The van der Waals surface area contributed by atoms with Crippen LogP contribution in [0.25, 0.3) is 0 Å². The zero-order chi connectivity index (χ0) is 18.0. The number of hydrogen-bond acceptors (Lipinski definition) is 4. The molecule has 0 aromatic rings. The van der Waals surface area contributed by atoms with E-state index in [-0.39, 0.29) is 18.1 Å². The Hall–Kier alpha value is -0.160. The summed E-state index contributed by atoms with van der Waals surface area (Å²) in [5.74, 6) is 2.40. The summed E-state index contributed by atoms with van der Waals surface area (Å²) in [5, 5.41) is 41.3. The molecule has 0 aromatic carbocycles. The standard InChI is InChI=1S/C21H36O4/c1-19-8-5-14(23)11-13(19)3-4-15-16(19)6-9-20(2)17(15)7-10-21(20,25)18(24)12-22/h13-18,22-25H,3-12H2,1-2H3/t13-,14-,15-,16-,17+,18+,19+,20+,21+/m1/s1. The highest BCUT2D eigenvalue weighted by molar-refractivity contribution is 5.15. The summed E-state index contributed by atoms with van der Waals surface area (Å²) in [6.07, 6.45) is 7.92. The molecule has 4 nitrogen and oxygen atoms in total. The van der Waals surface area contributed by atoms with E-state index >= 15 is 0 Å². The lowest BCUT2D eigenvalue weighted by Crippen LogP contribution is -2.60. The number of hydrogen-bond donors (Lipinski definition) is 4. The Bertz CT molecular complexity index is 524. The van der Waals surface area contributed by atoms with Crippen LogP contribution >= 0.6 is 0 Å². The Labute approximate surface area is 151 Å². The SMILES string of the molecule is C[C@]12CC[C@@H](O)C[C@H]1CC[C@@H]1[C@H]2CC[C@@]2(C)[C@H]1CC[C@]2(O)[C@@H](O)CO. The number of aliphatic hydroxyl groups is 4. The van der Waals surface area contributed by atoms with Gasteiger partial charge in [0.1, 0.15) is 6.10 Å². The Morgan fingerprint density at radius 1 is 0.960 bits per heavy atom. The van der Waals surface area contributed by atoms with Crippen molar-refractivity contribution in [2.24, 2.45) is 34.5 Å². The van der Waals surface area contributed by atoms with Gasteiger partial charge >= 0.3 is 0 Å². The molecule has 4 N–H and O–H groups in total. The second-order valence-corrected chi connectivity index (χ2v) is 10.2. The van der Waals surface area contributed by atoms with Crippen LogP contribution in [-0.4, -0.2) is 44.8 Å². The molecule has 0 unspecified atom stereocenters. The predicted molar refractivity (Wildman–Crippen MR) is 95.8 cm³/mol. The van der Waals surface area contributed by atoms with Crippen LogP contribution in [0.5, 0.6) is 0 Å². The van der Waals surface area contributed by atoms with E-state index in [0.717, 1.165) is 38.5 Å². The molecule has 0 saturated heterocycles. The molecule has 0 radical (unpaired) electrons. The summed E-state index contributed by atoms with van der Waals surface area (Å²) in [6, 6.07) is 0. The van der Waals surface area contributed by atoms with Gasteiger partial charge < -0.3 is 20.4 Å². The summed E-state index contributed by atoms with van der Waals surface area (Å²) in [7, 11) is 0. The van der Waals surface area contributed by atoms with Gasteiger partial charge in [-0.15, -0.1) is 0 Å². The topological polar surface area (TPSA) is 80.9 Å². The molecule has 144 valence electrons. The average Bonchev–Trinajstić information content (AvgIpc) is 2.87. The van der Waals surface area contributed by atoms with Gasteiger partial charge in [0.05, 0.1) is 18.3 Å². The summed E-state index contributed by atoms with van der Waals surface area (Å²) in [4.78, 5) is 0. The maximum absolute atomic E-state index is 11.3. The molecule has 0 spiro atoms. The van der Waals surface area contributed by atoms with Crippen molar-refractivity contribution in [1.82, 2.24) is 0 Å². The fourth-order valence-corrected chi connectivity index (χ4v) is 7.98. The van der Waals surface area contributed by atoms with Gasteiger partial charge in [0.25, 0.3) is 0 Å². The van der Waals surface area contributed by atoms with Crippen molar-refractivity contribution in [2.45, 2.75) is 89.4 Å². The van der Waals surface area contributed by atoms with E-state index in [4.69, 9.17) is 0 Å². The summed E-state index contributed by atoms with van der Waals surface area (Å²) in [5.41, 5.74) is -1.09. The van der Waals surface area contributed by atoms with E-state index in [1.54, 1.807) is 0 Å². The van der Waals surface area contributed by atoms with Crippen molar-refractivity contribution in [3.8, 4) is 0 Å². The molecule has 4 rings (SSSR count). The van der Waals surface area contributed by atoms with Crippen LogP contribution in [0.3, 0.4) is 0 Å². The zero-order valence-electron chi connectivity index (χ0n) is 15.8. The van der Waals surface area contributed by atoms with Crippen LogP contribution in [0, 0.1) is 34.5 Å².